The second-order valence-corrected chi connectivity index (χ2v) is 6.36. The van der Waals surface area contributed by atoms with Gasteiger partial charge in [-0.05, 0) is 20.8 Å². The first kappa shape index (κ1) is 11.7. The van der Waals surface area contributed by atoms with Gasteiger partial charge in [0.25, 0.3) is 0 Å². The number of thiazole rings is 1. The Kier molecular flexibility index (Phi) is 4.07. The van der Waals surface area contributed by atoms with Gasteiger partial charge in [0, 0.05) is 33.7 Å². The molecule has 0 saturated heterocycles. The average molecular weight is 232 g/mol. The van der Waals surface area contributed by atoms with E-state index in [1.165, 1.54) is 4.88 Å². The van der Waals surface area contributed by atoms with Gasteiger partial charge in [0.05, 0.1) is 5.69 Å². The molecule has 5 heteroatoms. The van der Waals surface area contributed by atoms with Crippen molar-refractivity contribution in [2.45, 2.75) is 26.0 Å². The summed E-state index contributed by atoms with van der Waals surface area (Å²) in [4.78, 5) is 5.58. The number of aryl methyl sites for hydroxylation is 2. The number of hydrogen-bond donors (Lipinski definition) is 1. The fraction of sp³-hybridized carbons (Fsp3) is 0.667. The minimum absolute atomic E-state index is 0.166. The van der Waals surface area contributed by atoms with Crippen molar-refractivity contribution in [1.29, 1.82) is 0 Å². The van der Waals surface area contributed by atoms with Gasteiger partial charge in [-0.1, -0.05) is 0 Å². The summed E-state index contributed by atoms with van der Waals surface area (Å²) in [6.45, 7) is 6.74. The SMILES string of the molecule is Cc1nc(NCC(C)S(C)=O)sc1C. The van der Waals surface area contributed by atoms with Gasteiger partial charge in [0.2, 0.25) is 0 Å². The predicted molar refractivity (Wildman–Crippen MR) is 63.6 cm³/mol. The molecule has 80 valence electrons. The van der Waals surface area contributed by atoms with E-state index in [0.29, 0.717) is 0 Å². The van der Waals surface area contributed by atoms with Gasteiger partial charge in [0.15, 0.2) is 5.13 Å². The van der Waals surface area contributed by atoms with Crippen molar-refractivity contribution in [3.63, 3.8) is 0 Å². The van der Waals surface area contributed by atoms with Crippen molar-refractivity contribution in [3.8, 4) is 0 Å². The maximum atomic E-state index is 11.1. The Balaban J connectivity index is 2.50. The summed E-state index contributed by atoms with van der Waals surface area (Å²) < 4.78 is 11.1. The first-order valence-electron chi connectivity index (χ1n) is 4.51. The highest BCUT2D eigenvalue weighted by molar-refractivity contribution is 7.84. The van der Waals surface area contributed by atoms with E-state index in [0.717, 1.165) is 17.4 Å². The number of rotatable bonds is 4. The number of anilines is 1. The standard InChI is InChI=1S/C9H16N2OS2/c1-6(14(4)12)5-10-9-11-7(2)8(3)13-9/h6H,5H2,1-4H3,(H,10,11). The van der Waals surface area contributed by atoms with Gasteiger partial charge < -0.3 is 5.32 Å². The van der Waals surface area contributed by atoms with E-state index in [9.17, 15) is 4.21 Å². The van der Waals surface area contributed by atoms with Crippen molar-refractivity contribution < 1.29 is 4.21 Å². The lowest BCUT2D eigenvalue weighted by Gasteiger charge is -2.07. The molecule has 1 aromatic rings. The molecule has 0 aliphatic heterocycles. The third-order valence-corrected chi connectivity index (χ3v) is 4.47. The lowest BCUT2D eigenvalue weighted by Crippen LogP contribution is -2.20. The number of nitrogens with one attached hydrogen (secondary N) is 1. The topological polar surface area (TPSA) is 42.0 Å². The van der Waals surface area contributed by atoms with Crippen molar-refractivity contribution in [2.75, 3.05) is 18.1 Å². The van der Waals surface area contributed by atoms with Crippen LogP contribution < -0.4 is 5.32 Å². The normalized spacial score (nSPS) is 15.1. The van der Waals surface area contributed by atoms with Gasteiger partial charge in [0.1, 0.15) is 0 Å². The first-order valence-corrected chi connectivity index (χ1v) is 6.94. The summed E-state index contributed by atoms with van der Waals surface area (Å²) in [7, 11) is -0.768. The van der Waals surface area contributed by atoms with Crippen molar-refractivity contribution >= 4 is 27.3 Å². The Hall–Kier alpha value is -0.420. The van der Waals surface area contributed by atoms with E-state index in [4.69, 9.17) is 0 Å². The lowest BCUT2D eigenvalue weighted by atomic mass is 10.4. The molecule has 0 bridgehead atoms. The summed E-state index contributed by atoms with van der Waals surface area (Å²) in [5.74, 6) is 0. The molecule has 0 aliphatic rings. The maximum absolute atomic E-state index is 11.1. The van der Waals surface area contributed by atoms with E-state index in [-0.39, 0.29) is 5.25 Å². The van der Waals surface area contributed by atoms with Crippen molar-refractivity contribution in [2.24, 2.45) is 0 Å². The smallest absolute Gasteiger partial charge is 0.183 e. The van der Waals surface area contributed by atoms with Gasteiger partial charge >= 0.3 is 0 Å². The molecule has 1 N–H and O–H groups in total. The highest BCUT2D eigenvalue weighted by Crippen LogP contribution is 2.20. The molecule has 1 aromatic heterocycles. The second kappa shape index (κ2) is 4.89. The Morgan fingerprint density at radius 2 is 2.21 bits per heavy atom. The van der Waals surface area contributed by atoms with E-state index in [1.54, 1.807) is 17.6 Å². The maximum Gasteiger partial charge on any atom is 0.183 e. The van der Waals surface area contributed by atoms with Crippen LogP contribution in [0.3, 0.4) is 0 Å². The molecular weight excluding hydrogens is 216 g/mol. The van der Waals surface area contributed by atoms with Gasteiger partial charge in [-0.2, -0.15) is 0 Å². The first-order chi connectivity index (χ1) is 6.50. The molecule has 2 atom stereocenters. The molecule has 1 rings (SSSR count). The minimum Gasteiger partial charge on any atom is -0.360 e. The Labute approximate surface area is 91.4 Å². The molecule has 0 fully saturated rings. The summed E-state index contributed by atoms with van der Waals surface area (Å²) in [5.41, 5.74) is 1.07. The molecule has 0 aliphatic carbocycles. The van der Waals surface area contributed by atoms with E-state index in [2.05, 4.69) is 17.2 Å². The predicted octanol–water partition coefficient (Wildman–Crippen LogP) is 1.94. The van der Waals surface area contributed by atoms with Crippen molar-refractivity contribution in [3.05, 3.63) is 10.6 Å². The number of nitrogens with zero attached hydrogens (tertiary/aromatic N) is 1. The summed E-state index contributed by atoms with van der Waals surface area (Å²) >= 11 is 1.65. The molecule has 2 unspecified atom stereocenters. The van der Waals surface area contributed by atoms with Crippen LogP contribution >= 0.6 is 11.3 Å². The molecule has 0 aromatic carbocycles. The number of aromatic nitrogens is 1. The third kappa shape index (κ3) is 3.06. The van der Waals surface area contributed by atoms with Crippen LogP contribution in [0, 0.1) is 13.8 Å². The molecule has 0 radical (unpaired) electrons. The molecule has 0 amide bonds. The average Bonchev–Trinajstić information content (AvgIpc) is 2.42. The van der Waals surface area contributed by atoms with Crippen LogP contribution in [0.4, 0.5) is 5.13 Å². The zero-order valence-electron chi connectivity index (χ0n) is 8.96. The minimum atomic E-state index is -0.768. The van der Waals surface area contributed by atoms with Gasteiger partial charge in [-0.15, -0.1) is 11.3 Å². The van der Waals surface area contributed by atoms with Crippen LogP contribution in [0.2, 0.25) is 0 Å². The van der Waals surface area contributed by atoms with E-state index >= 15 is 0 Å². The second-order valence-electron chi connectivity index (χ2n) is 3.35. The van der Waals surface area contributed by atoms with Crippen LogP contribution in [0.25, 0.3) is 0 Å². The third-order valence-electron chi connectivity index (χ3n) is 2.14. The summed E-state index contributed by atoms with van der Waals surface area (Å²) in [6, 6.07) is 0. The van der Waals surface area contributed by atoms with Crippen LogP contribution in [0.5, 0.6) is 0 Å². The van der Waals surface area contributed by atoms with Gasteiger partial charge in [-0.25, -0.2) is 4.98 Å². The van der Waals surface area contributed by atoms with Crippen LogP contribution in [-0.4, -0.2) is 27.2 Å². The van der Waals surface area contributed by atoms with E-state index < -0.39 is 10.8 Å². The highest BCUT2D eigenvalue weighted by Gasteiger charge is 2.07. The zero-order valence-corrected chi connectivity index (χ0v) is 10.6. The summed E-state index contributed by atoms with van der Waals surface area (Å²) in [6.07, 6.45) is 1.73. The van der Waals surface area contributed by atoms with Crippen LogP contribution in [0.1, 0.15) is 17.5 Å². The molecule has 0 saturated carbocycles. The van der Waals surface area contributed by atoms with E-state index in [1.807, 2.05) is 13.8 Å². The Bertz CT molecular complexity index is 316. The quantitative estimate of drug-likeness (QED) is 0.862. The summed E-state index contributed by atoms with van der Waals surface area (Å²) in [5, 5.41) is 4.30. The lowest BCUT2D eigenvalue weighted by molar-refractivity contribution is 0.679. The fourth-order valence-corrected chi connectivity index (χ4v) is 2.04. The molecule has 3 nitrogen and oxygen atoms in total. The van der Waals surface area contributed by atoms with Crippen LogP contribution in [-0.2, 0) is 10.8 Å². The highest BCUT2D eigenvalue weighted by atomic mass is 32.2. The van der Waals surface area contributed by atoms with Gasteiger partial charge in [-0.3, -0.25) is 4.21 Å². The fourth-order valence-electron chi connectivity index (χ4n) is 0.897. The Morgan fingerprint density at radius 3 is 2.64 bits per heavy atom. The largest absolute Gasteiger partial charge is 0.360 e. The zero-order chi connectivity index (χ0) is 10.7. The Morgan fingerprint density at radius 1 is 1.57 bits per heavy atom. The molecule has 14 heavy (non-hydrogen) atoms. The van der Waals surface area contributed by atoms with Crippen LogP contribution in [0.15, 0.2) is 0 Å². The molecular formula is C9H16N2OS2. The molecule has 0 spiro atoms. The molecule has 1 heterocycles. The monoisotopic (exact) mass is 232 g/mol. The number of hydrogen-bond acceptors (Lipinski definition) is 4. The van der Waals surface area contributed by atoms with Crippen molar-refractivity contribution in [1.82, 2.24) is 4.98 Å².